The first-order valence-corrected chi connectivity index (χ1v) is 2.70. The summed E-state index contributed by atoms with van der Waals surface area (Å²) in [6, 6.07) is 0. The Morgan fingerprint density at radius 1 is 1.83 bits per heavy atom. The quantitative estimate of drug-likeness (QED) is 0.532. The molecule has 1 N–H and O–H groups in total. The molecule has 3 heteroatoms. The molecule has 0 atom stereocenters. The van der Waals surface area contributed by atoms with Gasteiger partial charge in [-0.1, -0.05) is 15.9 Å². The molecule has 2 nitrogen and oxygen atoms in total. The Bertz CT molecular complexity index is 54.8. The van der Waals surface area contributed by atoms with E-state index in [9.17, 15) is 4.79 Å². The van der Waals surface area contributed by atoms with Gasteiger partial charge in [0.15, 0.2) is 0 Å². The van der Waals surface area contributed by atoms with Crippen LogP contribution in [0.25, 0.3) is 0 Å². The predicted octanol–water partition coefficient (Wildman–Crippen LogP) is 0.581. The Morgan fingerprint density at radius 2 is 2.33 bits per heavy atom. The third kappa shape index (κ3) is 3.95. The molecule has 0 aromatic heterocycles. The zero-order valence-electron chi connectivity index (χ0n) is 3.20. The van der Waals surface area contributed by atoms with Crippen LogP contribution in [0, 0.1) is 0 Å². The zero-order chi connectivity index (χ0) is 4.99. The topological polar surface area (TPSA) is 40.9 Å². The van der Waals surface area contributed by atoms with Crippen molar-refractivity contribution in [3.05, 3.63) is 0 Å². The van der Waals surface area contributed by atoms with Gasteiger partial charge in [0.05, 0.1) is 0 Å². The summed E-state index contributed by atoms with van der Waals surface area (Å²) < 4.78 is 0. The number of hydrogen-bond donors (Lipinski definition) is 0. The normalized spacial score (nSPS) is 8.17. The third-order valence-electron chi connectivity index (χ3n) is 0.322. The monoisotopic (exact) mass is 150 g/mol. The van der Waals surface area contributed by atoms with Gasteiger partial charge in [0.1, 0.15) is 0 Å². The molecule has 0 unspecified atom stereocenters. The number of hydrogen-bond acceptors (Lipinski definition) is 1. The van der Waals surface area contributed by atoms with Crippen molar-refractivity contribution in [1.29, 1.82) is 0 Å². The summed E-state index contributed by atoms with van der Waals surface area (Å²) in [6.07, 6.45) is 0.319. The fourth-order valence-corrected chi connectivity index (χ4v) is 0.446. The smallest absolute Gasteiger partial charge is 0.239 e. The summed E-state index contributed by atoms with van der Waals surface area (Å²) in [4.78, 5) is 9.68. The minimum Gasteiger partial charge on any atom is -0.273 e. The van der Waals surface area contributed by atoms with Gasteiger partial charge >= 0.3 is 0 Å². The second-order valence-electron chi connectivity index (χ2n) is 0.862. The van der Waals surface area contributed by atoms with Crippen LogP contribution in [0.5, 0.6) is 0 Å². The first-order chi connectivity index (χ1) is 2.77. The lowest BCUT2D eigenvalue weighted by molar-refractivity contribution is -0.118. The molecule has 0 spiro atoms. The van der Waals surface area contributed by atoms with Crippen LogP contribution in [0.4, 0.5) is 0 Å². The summed E-state index contributed by atoms with van der Waals surface area (Å²) in [7, 11) is 0. The van der Waals surface area contributed by atoms with Gasteiger partial charge in [-0.3, -0.25) is 10.5 Å². The highest BCUT2D eigenvalue weighted by molar-refractivity contribution is 9.09. The minimum absolute atomic E-state index is 0.319. The van der Waals surface area contributed by atoms with E-state index in [0.29, 0.717) is 11.8 Å². The van der Waals surface area contributed by atoms with E-state index in [4.69, 9.17) is 5.73 Å². The van der Waals surface area contributed by atoms with E-state index in [1.54, 1.807) is 0 Å². The Morgan fingerprint density at radius 3 is 2.33 bits per heavy atom. The fraction of sp³-hybridized carbons (Fsp3) is 0.667. The van der Waals surface area contributed by atoms with Crippen LogP contribution >= 0.6 is 15.9 Å². The number of amides is 1. The maximum Gasteiger partial charge on any atom is 0.239 e. The van der Waals surface area contributed by atoms with Crippen molar-refractivity contribution in [3.63, 3.8) is 0 Å². The van der Waals surface area contributed by atoms with E-state index < -0.39 is 5.91 Å². The fourth-order valence-electron chi connectivity index (χ4n) is 0.0858. The van der Waals surface area contributed by atoms with Crippen LogP contribution in [-0.4, -0.2) is 11.2 Å². The lowest BCUT2D eigenvalue weighted by atomic mass is 10.5. The molecule has 0 rings (SSSR count). The number of alkyl halides is 1. The van der Waals surface area contributed by atoms with Crippen molar-refractivity contribution >= 4 is 21.8 Å². The largest absolute Gasteiger partial charge is 0.273 e. The lowest BCUT2D eigenvalue weighted by Crippen LogP contribution is -1.96. The van der Waals surface area contributed by atoms with Crippen molar-refractivity contribution in [2.45, 2.75) is 6.42 Å². The summed E-state index contributed by atoms with van der Waals surface area (Å²) in [5, 5.41) is 0.606. The number of carbonyl (C=O) groups excluding carboxylic acids is 1. The van der Waals surface area contributed by atoms with Crippen molar-refractivity contribution < 1.29 is 4.79 Å². The SMILES string of the molecule is [NH]C(=O)CCBr. The van der Waals surface area contributed by atoms with Gasteiger partial charge in [0.2, 0.25) is 5.91 Å². The van der Waals surface area contributed by atoms with Crippen LogP contribution in [0.1, 0.15) is 6.42 Å². The highest BCUT2D eigenvalue weighted by atomic mass is 79.9. The highest BCUT2D eigenvalue weighted by Gasteiger charge is 1.87. The highest BCUT2D eigenvalue weighted by Crippen LogP contribution is 1.83. The van der Waals surface area contributed by atoms with Crippen molar-refractivity contribution in [1.82, 2.24) is 5.73 Å². The van der Waals surface area contributed by atoms with Crippen LogP contribution in [-0.2, 0) is 4.79 Å². The van der Waals surface area contributed by atoms with E-state index in [-0.39, 0.29) is 0 Å². The van der Waals surface area contributed by atoms with Crippen molar-refractivity contribution in [2.24, 2.45) is 0 Å². The molecule has 0 heterocycles. The van der Waals surface area contributed by atoms with Gasteiger partial charge in [-0.05, 0) is 0 Å². The predicted molar refractivity (Wildman–Crippen MR) is 26.5 cm³/mol. The van der Waals surface area contributed by atoms with Gasteiger partial charge in [0, 0.05) is 11.8 Å². The average Bonchev–Trinajstić information content (AvgIpc) is 1.35. The maximum atomic E-state index is 9.68. The summed E-state index contributed by atoms with van der Waals surface area (Å²) in [5.74, 6) is -0.508. The molecule has 0 fully saturated rings. The molecule has 1 radical (unpaired) electrons. The molecule has 6 heavy (non-hydrogen) atoms. The van der Waals surface area contributed by atoms with Crippen molar-refractivity contribution in [3.8, 4) is 0 Å². The van der Waals surface area contributed by atoms with E-state index in [0.717, 1.165) is 0 Å². The van der Waals surface area contributed by atoms with Crippen LogP contribution < -0.4 is 5.73 Å². The number of rotatable bonds is 2. The minimum atomic E-state index is -0.508. The number of halogens is 1. The summed E-state index contributed by atoms with van der Waals surface area (Å²) >= 11 is 3.01. The molecule has 0 aromatic rings. The molecule has 0 aliphatic heterocycles. The molecular weight excluding hydrogens is 146 g/mol. The van der Waals surface area contributed by atoms with E-state index in [1.165, 1.54) is 0 Å². The van der Waals surface area contributed by atoms with Gasteiger partial charge in [-0.25, -0.2) is 0 Å². The Kier molecular flexibility index (Phi) is 3.13. The molecule has 1 amide bonds. The maximum absolute atomic E-state index is 9.68. The van der Waals surface area contributed by atoms with E-state index >= 15 is 0 Å². The first kappa shape index (κ1) is 5.95. The second kappa shape index (κ2) is 3.15. The molecule has 0 bridgehead atoms. The van der Waals surface area contributed by atoms with E-state index in [1.807, 2.05) is 0 Å². The molecular formula is C3H5BrNO. The van der Waals surface area contributed by atoms with Gasteiger partial charge in [-0.2, -0.15) is 0 Å². The standard InChI is InChI=1S/C3H5BrNO/c4-2-1-3(5)6/h5H,1-2H2. The van der Waals surface area contributed by atoms with Crippen LogP contribution in [0.3, 0.4) is 0 Å². The number of carbonyl (C=O) groups is 1. The molecule has 0 aliphatic carbocycles. The first-order valence-electron chi connectivity index (χ1n) is 1.57. The second-order valence-corrected chi connectivity index (χ2v) is 1.66. The Hall–Kier alpha value is -0.0500. The summed E-state index contributed by atoms with van der Waals surface area (Å²) in [5.41, 5.74) is 6.31. The third-order valence-corrected chi connectivity index (χ3v) is 0.718. The molecule has 35 valence electrons. The van der Waals surface area contributed by atoms with Gasteiger partial charge < -0.3 is 0 Å². The lowest BCUT2D eigenvalue weighted by Gasteiger charge is -1.78. The molecule has 0 saturated carbocycles. The molecule has 0 saturated heterocycles. The molecule has 0 aliphatic rings. The van der Waals surface area contributed by atoms with Crippen LogP contribution in [0.2, 0.25) is 0 Å². The average molecular weight is 151 g/mol. The van der Waals surface area contributed by atoms with Gasteiger partial charge in [-0.15, -0.1) is 0 Å². The van der Waals surface area contributed by atoms with Crippen molar-refractivity contribution in [2.75, 3.05) is 5.33 Å². The zero-order valence-corrected chi connectivity index (χ0v) is 4.79. The Balaban J connectivity index is 2.83. The Labute approximate surface area is 44.8 Å². The summed E-state index contributed by atoms with van der Waals surface area (Å²) in [6.45, 7) is 0. The van der Waals surface area contributed by atoms with Gasteiger partial charge in [0.25, 0.3) is 0 Å². The van der Waals surface area contributed by atoms with E-state index in [2.05, 4.69) is 15.9 Å². The van der Waals surface area contributed by atoms with Crippen LogP contribution in [0.15, 0.2) is 0 Å². The molecule has 0 aromatic carbocycles. The number of nitrogens with one attached hydrogen (secondary N) is 1.